The molecule has 0 aromatic heterocycles. The van der Waals surface area contributed by atoms with E-state index in [1.54, 1.807) is 12.1 Å². The number of piperidine rings is 1. The smallest absolute Gasteiger partial charge is 0.257 e. The summed E-state index contributed by atoms with van der Waals surface area (Å²) in [5.41, 5.74) is 2.35. The molecule has 7 nitrogen and oxygen atoms in total. The largest absolute Gasteiger partial charge is 0.493 e. The zero-order valence-corrected chi connectivity index (χ0v) is 19.2. The summed E-state index contributed by atoms with van der Waals surface area (Å²) in [6, 6.07) is 11.8. The number of ether oxygens (including phenoxy) is 3. The molecule has 0 radical (unpaired) electrons. The van der Waals surface area contributed by atoms with Crippen LogP contribution in [0.3, 0.4) is 0 Å². The Balaban J connectivity index is 1.65. The van der Waals surface area contributed by atoms with Gasteiger partial charge in [0.25, 0.3) is 5.91 Å². The van der Waals surface area contributed by atoms with Gasteiger partial charge in [0, 0.05) is 29.5 Å². The summed E-state index contributed by atoms with van der Waals surface area (Å²) in [7, 11) is 4.51. The minimum Gasteiger partial charge on any atom is -0.493 e. The number of hydrogen-bond acceptors (Lipinski definition) is 6. The first-order valence-electron chi connectivity index (χ1n) is 10.3. The van der Waals surface area contributed by atoms with Gasteiger partial charge in [0.05, 0.1) is 21.3 Å². The Morgan fingerprint density at radius 1 is 1.03 bits per heavy atom. The highest BCUT2D eigenvalue weighted by molar-refractivity contribution is 7.80. The van der Waals surface area contributed by atoms with E-state index in [0.717, 1.165) is 12.2 Å². The fourth-order valence-corrected chi connectivity index (χ4v) is 3.98. The van der Waals surface area contributed by atoms with Crippen LogP contribution in [-0.2, 0) is 0 Å². The van der Waals surface area contributed by atoms with E-state index in [9.17, 15) is 4.79 Å². The standard InChI is InChI=1S/C23H29N3O4S/c1-15-7-5-6-12-26(15)18-10-8-17(9-11-18)24-23(31)25-22(27)16-13-19(28-2)21(30-4)20(14-16)29-3/h8-11,13-15H,5-7,12H2,1-4H3,(H2,24,25,27,31)/t15-/m1/s1. The molecule has 8 heteroatoms. The SMILES string of the molecule is COc1cc(C(=O)NC(=S)Nc2ccc(N3CCCC[C@H]3C)cc2)cc(OC)c1OC. The molecule has 1 heterocycles. The first-order chi connectivity index (χ1) is 15.0. The molecule has 3 rings (SSSR count). The highest BCUT2D eigenvalue weighted by Crippen LogP contribution is 2.38. The van der Waals surface area contributed by atoms with Crippen LogP contribution >= 0.6 is 12.2 Å². The third kappa shape index (κ3) is 5.38. The zero-order chi connectivity index (χ0) is 22.4. The lowest BCUT2D eigenvalue weighted by molar-refractivity contribution is 0.0977. The van der Waals surface area contributed by atoms with Crippen molar-refractivity contribution in [3.63, 3.8) is 0 Å². The van der Waals surface area contributed by atoms with Crippen molar-refractivity contribution >= 4 is 34.6 Å². The second-order valence-electron chi connectivity index (χ2n) is 7.41. The van der Waals surface area contributed by atoms with Gasteiger partial charge in [-0.15, -0.1) is 0 Å². The summed E-state index contributed by atoms with van der Waals surface area (Å²) >= 11 is 5.32. The Morgan fingerprint density at radius 2 is 1.68 bits per heavy atom. The number of hydrogen-bond donors (Lipinski definition) is 2. The summed E-state index contributed by atoms with van der Waals surface area (Å²) in [4.78, 5) is 15.1. The van der Waals surface area contributed by atoms with Crippen LogP contribution in [0.25, 0.3) is 0 Å². The third-order valence-corrected chi connectivity index (χ3v) is 5.62. The van der Waals surface area contributed by atoms with Crippen LogP contribution in [0.15, 0.2) is 36.4 Å². The summed E-state index contributed by atoms with van der Waals surface area (Å²) in [5.74, 6) is 0.836. The van der Waals surface area contributed by atoms with E-state index in [2.05, 4.69) is 34.6 Å². The molecule has 166 valence electrons. The van der Waals surface area contributed by atoms with Gasteiger partial charge in [-0.1, -0.05) is 0 Å². The number of carbonyl (C=O) groups excluding carboxylic acids is 1. The molecule has 2 aromatic rings. The molecular weight excluding hydrogens is 414 g/mol. The molecule has 2 aromatic carbocycles. The molecule has 0 unspecified atom stereocenters. The number of thiocarbonyl (C=S) groups is 1. The van der Waals surface area contributed by atoms with E-state index < -0.39 is 0 Å². The fourth-order valence-electron chi connectivity index (χ4n) is 3.77. The van der Waals surface area contributed by atoms with Gasteiger partial charge in [-0.05, 0) is 74.8 Å². The van der Waals surface area contributed by atoms with E-state index >= 15 is 0 Å². The first kappa shape index (κ1) is 22.7. The molecule has 0 bridgehead atoms. The number of amides is 1. The van der Waals surface area contributed by atoms with Crippen molar-refractivity contribution in [2.45, 2.75) is 32.2 Å². The molecule has 2 N–H and O–H groups in total. The normalized spacial score (nSPS) is 15.7. The number of rotatable bonds is 6. The predicted octanol–water partition coefficient (Wildman–Crippen LogP) is 4.22. The van der Waals surface area contributed by atoms with Crippen LogP contribution in [-0.4, -0.2) is 44.9 Å². The van der Waals surface area contributed by atoms with Crippen molar-refractivity contribution < 1.29 is 19.0 Å². The van der Waals surface area contributed by atoms with E-state index in [-0.39, 0.29) is 11.0 Å². The monoisotopic (exact) mass is 443 g/mol. The van der Waals surface area contributed by atoms with Crippen LogP contribution in [0.5, 0.6) is 17.2 Å². The van der Waals surface area contributed by atoms with Gasteiger partial charge >= 0.3 is 0 Å². The van der Waals surface area contributed by atoms with Gasteiger partial charge in [-0.2, -0.15) is 0 Å². The van der Waals surface area contributed by atoms with Crippen LogP contribution in [0.1, 0.15) is 36.5 Å². The molecule has 1 fully saturated rings. The van der Waals surface area contributed by atoms with Crippen LogP contribution in [0.2, 0.25) is 0 Å². The molecule has 0 aliphatic carbocycles. The molecule has 0 spiro atoms. The van der Waals surface area contributed by atoms with Gasteiger partial charge in [0.15, 0.2) is 16.6 Å². The topological polar surface area (TPSA) is 72.1 Å². The lowest BCUT2D eigenvalue weighted by Gasteiger charge is -2.35. The second kappa shape index (κ2) is 10.3. The van der Waals surface area contributed by atoms with Gasteiger partial charge in [0.1, 0.15) is 0 Å². The van der Waals surface area contributed by atoms with Crippen molar-refractivity contribution in [2.24, 2.45) is 0 Å². The van der Waals surface area contributed by atoms with Crippen LogP contribution in [0.4, 0.5) is 11.4 Å². The molecule has 1 atom stereocenters. The summed E-state index contributed by atoms with van der Waals surface area (Å²) < 4.78 is 15.9. The number of nitrogens with zero attached hydrogens (tertiary/aromatic N) is 1. The Kier molecular flexibility index (Phi) is 7.57. The van der Waals surface area contributed by atoms with Crippen molar-refractivity contribution in [1.29, 1.82) is 0 Å². The van der Waals surface area contributed by atoms with E-state index in [0.29, 0.717) is 28.9 Å². The maximum absolute atomic E-state index is 12.7. The summed E-state index contributed by atoms with van der Waals surface area (Å²) in [6.45, 7) is 3.34. The molecule has 0 saturated carbocycles. The Morgan fingerprint density at radius 3 is 2.23 bits per heavy atom. The molecule has 31 heavy (non-hydrogen) atoms. The Hall–Kier alpha value is -3.00. The maximum Gasteiger partial charge on any atom is 0.257 e. The van der Waals surface area contributed by atoms with E-state index in [4.69, 9.17) is 26.4 Å². The van der Waals surface area contributed by atoms with E-state index in [1.807, 2.05) is 12.1 Å². The quantitative estimate of drug-likeness (QED) is 0.648. The number of carbonyl (C=O) groups is 1. The average Bonchev–Trinajstić information content (AvgIpc) is 2.78. The lowest BCUT2D eigenvalue weighted by atomic mass is 10.0. The van der Waals surface area contributed by atoms with Gasteiger partial charge in [-0.3, -0.25) is 10.1 Å². The molecular formula is C23H29N3O4S. The van der Waals surface area contributed by atoms with Crippen LogP contribution < -0.4 is 29.7 Å². The molecule has 1 saturated heterocycles. The molecule has 1 aliphatic rings. The van der Waals surface area contributed by atoms with Gasteiger partial charge in [-0.25, -0.2) is 0 Å². The minimum atomic E-state index is -0.379. The Bertz CT molecular complexity index is 908. The van der Waals surface area contributed by atoms with E-state index in [1.165, 1.54) is 46.3 Å². The number of methoxy groups -OCH3 is 3. The minimum absolute atomic E-state index is 0.206. The number of anilines is 2. The summed E-state index contributed by atoms with van der Waals surface area (Å²) in [6.07, 6.45) is 3.73. The number of benzene rings is 2. The predicted molar refractivity (Wildman–Crippen MR) is 127 cm³/mol. The molecule has 1 amide bonds. The van der Waals surface area contributed by atoms with Crippen molar-refractivity contribution in [1.82, 2.24) is 5.32 Å². The van der Waals surface area contributed by atoms with Crippen molar-refractivity contribution in [3.05, 3.63) is 42.0 Å². The van der Waals surface area contributed by atoms with Gasteiger partial charge in [0.2, 0.25) is 5.75 Å². The lowest BCUT2D eigenvalue weighted by Crippen LogP contribution is -2.37. The maximum atomic E-state index is 12.7. The second-order valence-corrected chi connectivity index (χ2v) is 7.82. The van der Waals surface area contributed by atoms with Crippen molar-refractivity contribution in [3.8, 4) is 17.2 Å². The third-order valence-electron chi connectivity index (χ3n) is 5.41. The Labute approximate surface area is 188 Å². The van der Waals surface area contributed by atoms with Gasteiger partial charge < -0.3 is 24.4 Å². The molecule has 1 aliphatic heterocycles. The zero-order valence-electron chi connectivity index (χ0n) is 18.4. The first-order valence-corrected chi connectivity index (χ1v) is 10.7. The fraction of sp³-hybridized carbons (Fsp3) is 0.391. The number of nitrogens with one attached hydrogen (secondary N) is 2. The highest BCUT2D eigenvalue weighted by atomic mass is 32.1. The highest BCUT2D eigenvalue weighted by Gasteiger charge is 2.19. The van der Waals surface area contributed by atoms with Crippen LogP contribution in [0, 0.1) is 0 Å². The average molecular weight is 444 g/mol. The van der Waals surface area contributed by atoms with Crippen molar-refractivity contribution in [2.75, 3.05) is 38.1 Å². The summed E-state index contributed by atoms with van der Waals surface area (Å²) in [5, 5.41) is 5.95.